The fraction of sp³-hybridized carbons (Fsp3) is 0.179. The third kappa shape index (κ3) is 5.83. The van der Waals surface area contributed by atoms with Crippen molar-refractivity contribution in [1.82, 2.24) is 14.7 Å². The molecule has 6 nitrogen and oxygen atoms in total. The standard InChI is InChI=1S/C28H26F2N4O2/c1-2-3-17-33(28(36)23-11-7-8-12-24(23)30)19-27(35)31-26-18-25(20-9-5-4-6-10-20)32-34(26)22-15-13-21(29)14-16-22/h4-16,18H,2-3,17,19H2,1H3,(H,31,35). The molecular formula is C28H26F2N4O2. The quantitative estimate of drug-likeness (QED) is 0.329. The smallest absolute Gasteiger partial charge is 0.257 e. The number of carbonyl (C=O) groups is 2. The zero-order valence-electron chi connectivity index (χ0n) is 19.8. The minimum atomic E-state index is -0.633. The lowest BCUT2D eigenvalue weighted by Crippen LogP contribution is -2.39. The first-order chi connectivity index (χ1) is 17.5. The van der Waals surface area contributed by atoms with E-state index in [4.69, 9.17) is 0 Å². The van der Waals surface area contributed by atoms with Crippen molar-refractivity contribution in [2.24, 2.45) is 0 Å². The van der Waals surface area contributed by atoms with Crippen LogP contribution in [0.5, 0.6) is 0 Å². The number of nitrogens with zero attached hydrogens (tertiary/aromatic N) is 3. The summed E-state index contributed by atoms with van der Waals surface area (Å²) in [6, 6.07) is 22.6. The van der Waals surface area contributed by atoms with Gasteiger partial charge < -0.3 is 10.2 Å². The Hall–Kier alpha value is -4.33. The minimum absolute atomic E-state index is 0.0795. The Morgan fingerprint density at radius 2 is 1.64 bits per heavy atom. The molecule has 0 unspecified atom stereocenters. The van der Waals surface area contributed by atoms with Crippen LogP contribution in [-0.2, 0) is 4.79 Å². The Balaban J connectivity index is 1.60. The van der Waals surface area contributed by atoms with Gasteiger partial charge in [0.15, 0.2) is 0 Å². The number of amides is 2. The van der Waals surface area contributed by atoms with Crippen LogP contribution >= 0.6 is 0 Å². The van der Waals surface area contributed by atoms with E-state index in [2.05, 4.69) is 10.4 Å². The van der Waals surface area contributed by atoms with Gasteiger partial charge >= 0.3 is 0 Å². The average Bonchev–Trinajstić information content (AvgIpc) is 3.31. The fourth-order valence-corrected chi connectivity index (χ4v) is 3.76. The maximum Gasteiger partial charge on any atom is 0.257 e. The number of nitrogens with one attached hydrogen (secondary N) is 1. The molecule has 0 spiro atoms. The predicted molar refractivity (Wildman–Crippen MR) is 135 cm³/mol. The summed E-state index contributed by atoms with van der Waals surface area (Å²) in [6.07, 6.45) is 1.47. The molecule has 3 aromatic carbocycles. The molecule has 4 aromatic rings. The lowest BCUT2D eigenvalue weighted by molar-refractivity contribution is -0.117. The molecule has 8 heteroatoms. The summed E-state index contributed by atoms with van der Waals surface area (Å²) in [5.74, 6) is -1.67. The molecule has 1 N–H and O–H groups in total. The zero-order chi connectivity index (χ0) is 25.5. The van der Waals surface area contributed by atoms with Crippen LogP contribution in [0.1, 0.15) is 30.1 Å². The number of anilines is 1. The van der Waals surface area contributed by atoms with Crippen molar-refractivity contribution in [1.29, 1.82) is 0 Å². The molecule has 0 bridgehead atoms. The number of benzene rings is 3. The highest BCUT2D eigenvalue weighted by Gasteiger charge is 2.22. The summed E-state index contributed by atoms with van der Waals surface area (Å²) in [5.41, 5.74) is 1.93. The van der Waals surface area contributed by atoms with Gasteiger partial charge in [-0.1, -0.05) is 55.8 Å². The van der Waals surface area contributed by atoms with Gasteiger partial charge in [0.05, 0.1) is 16.9 Å². The van der Waals surface area contributed by atoms with E-state index in [1.165, 1.54) is 39.9 Å². The monoisotopic (exact) mass is 488 g/mol. The van der Waals surface area contributed by atoms with E-state index >= 15 is 0 Å². The Bertz CT molecular complexity index is 1340. The zero-order valence-corrected chi connectivity index (χ0v) is 19.8. The summed E-state index contributed by atoms with van der Waals surface area (Å²) < 4.78 is 29.3. The van der Waals surface area contributed by atoms with Crippen LogP contribution < -0.4 is 5.32 Å². The van der Waals surface area contributed by atoms with Crippen molar-refractivity contribution in [2.75, 3.05) is 18.4 Å². The predicted octanol–water partition coefficient (Wildman–Crippen LogP) is 5.70. The second-order valence-electron chi connectivity index (χ2n) is 8.28. The topological polar surface area (TPSA) is 67.2 Å². The van der Waals surface area contributed by atoms with E-state index < -0.39 is 23.4 Å². The first kappa shape index (κ1) is 24.8. The summed E-state index contributed by atoms with van der Waals surface area (Å²) in [6.45, 7) is 2.02. The number of aromatic nitrogens is 2. The molecule has 1 aromatic heterocycles. The van der Waals surface area contributed by atoms with Crippen molar-refractivity contribution < 1.29 is 18.4 Å². The summed E-state index contributed by atoms with van der Waals surface area (Å²) in [4.78, 5) is 27.5. The van der Waals surface area contributed by atoms with Crippen molar-refractivity contribution in [3.8, 4) is 16.9 Å². The van der Waals surface area contributed by atoms with Crippen LogP contribution in [0.4, 0.5) is 14.6 Å². The first-order valence-corrected chi connectivity index (χ1v) is 11.7. The summed E-state index contributed by atoms with van der Waals surface area (Å²) in [7, 11) is 0. The number of rotatable bonds is 9. The third-order valence-corrected chi connectivity index (χ3v) is 5.63. The number of carbonyl (C=O) groups excluding carboxylic acids is 2. The summed E-state index contributed by atoms with van der Waals surface area (Å²) >= 11 is 0. The number of halogens is 2. The molecule has 0 radical (unpaired) electrons. The maximum atomic E-state index is 14.3. The second-order valence-corrected chi connectivity index (χ2v) is 8.28. The van der Waals surface area contributed by atoms with Crippen LogP contribution in [0.15, 0.2) is 84.9 Å². The molecule has 4 rings (SSSR count). The van der Waals surface area contributed by atoms with Crippen molar-refractivity contribution in [3.05, 3.63) is 102 Å². The van der Waals surface area contributed by atoms with Gasteiger partial charge in [-0.3, -0.25) is 9.59 Å². The average molecular weight is 489 g/mol. The molecule has 0 saturated heterocycles. The third-order valence-electron chi connectivity index (χ3n) is 5.63. The molecule has 0 aliphatic heterocycles. The number of hydrogen-bond donors (Lipinski definition) is 1. The van der Waals surface area contributed by atoms with Crippen LogP contribution in [0.2, 0.25) is 0 Å². The van der Waals surface area contributed by atoms with Crippen LogP contribution in [0.3, 0.4) is 0 Å². The second kappa shape index (κ2) is 11.4. The van der Waals surface area contributed by atoms with E-state index in [1.807, 2.05) is 37.3 Å². The van der Waals surface area contributed by atoms with Gasteiger partial charge in [-0.15, -0.1) is 0 Å². The lowest BCUT2D eigenvalue weighted by Gasteiger charge is -2.22. The normalized spacial score (nSPS) is 10.8. The van der Waals surface area contributed by atoms with Gasteiger partial charge in [0.2, 0.25) is 5.91 Å². The molecule has 0 fully saturated rings. The van der Waals surface area contributed by atoms with Gasteiger partial charge in [0.1, 0.15) is 24.0 Å². The molecule has 36 heavy (non-hydrogen) atoms. The Morgan fingerprint density at radius 3 is 2.33 bits per heavy atom. The van der Waals surface area contributed by atoms with Crippen molar-refractivity contribution >= 4 is 17.6 Å². The van der Waals surface area contributed by atoms with Crippen molar-refractivity contribution in [3.63, 3.8) is 0 Å². The highest BCUT2D eigenvalue weighted by Crippen LogP contribution is 2.25. The largest absolute Gasteiger partial charge is 0.329 e. The molecule has 0 atom stereocenters. The lowest BCUT2D eigenvalue weighted by atomic mass is 10.1. The van der Waals surface area contributed by atoms with E-state index in [0.29, 0.717) is 30.2 Å². The van der Waals surface area contributed by atoms with Gasteiger partial charge in [0, 0.05) is 18.2 Å². The summed E-state index contributed by atoms with van der Waals surface area (Å²) in [5, 5.41) is 7.43. The fourth-order valence-electron chi connectivity index (χ4n) is 3.76. The van der Waals surface area contributed by atoms with Crippen LogP contribution in [0.25, 0.3) is 16.9 Å². The van der Waals surface area contributed by atoms with Crippen LogP contribution in [-0.4, -0.2) is 39.6 Å². The van der Waals surface area contributed by atoms with E-state index in [0.717, 1.165) is 12.0 Å². The molecule has 0 aliphatic rings. The van der Waals surface area contributed by atoms with Gasteiger partial charge in [-0.25, -0.2) is 13.5 Å². The van der Waals surface area contributed by atoms with Gasteiger partial charge in [-0.05, 0) is 42.8 Å². The number of hydrogen-bond acceptors (Lipinski definition) is 3. The SMILES string of the molecule is CCCCN(CC(=O)Nc1cc(-c2ccccc2)nn1-c1ccc(F)cc1)C(=O)c1ccccc1F. The molecular weight excluding hydrogens is 462 g/mol. The Labute approximate surface area is 208 Å². The Morgan fingerprint density at radius 1 is 0.944 bits per heavy atom. The Kier molecular flexibility index (Phi) is 7.85. The van der Waals surface area contributed by atoms with Crippen molar-refractivity contribution in [2.45, 2.75) is 19.8 Å². The first-order valence-electron chi connectivity index (χ1n) is 11.7. The van der Waals surface area contributed by atoms with E-state index in [-0.39, 0.29) is 12.1 Å². The van der Waals surface area contributed by atoms with Gasteiger partial charge in [-0.2, -0.15) is 5.10 Å². The minimum Gasteiger partial charge on any atom is -0.329 e. The highest BCUT2D eigenvalue weighted by atomic mass is 19.1. The van der Waals surface area contributed by atoms with E-state index in [9.17, 15) is 18.4 Å². The van der Waals surface area contributed by atoms with Crippen LogP contribution in [0, 0.1) is 11.6 Å². The highest BCUT2D eigenvalue weighted by molar-refractivity contribution is 5.99. The maximum absolute atomic E-state index is 14.3. The molecule has 184 valence electrons. The molecule has 0 saturated carbocycles. The van der Waals surface area contributed by atoms with Gasteiger partial charge in [0.25, 0.3) is 5.91 Å². The molecule has 0 aliphatic carbocycles. The number of unbranched alkanes of at least 4 members (excludes halogenated alkanes) is 1. The van der Waals surface area contributed by atoms with E-state index in [1.54, 1.807) is 24.3 Å². The molecule has 1 heterocycles. The molecule has 2 amide bonds.